The number of hydrogen-bond acceptors (Lipinski definition) is 7. The van der Waals surface area contributed by atoms with Gasteiger partial charge >= 0.3 is 11.9 Å². The number of carbonyl (C=O) groups is 2. The van der Waals surface area contributed by atoms with Crippen LogP contribution >= 0.6 is 11.8 Å². The molecule has 1 unspecified atom stereocenters. The fourth-order valence-corrected chi connectivity index (χ4v) is 5.50. The Bertz CT molecular complexity index is 1130. The summed E-state index contributed by atoms with van der Waals surface area (Å²) < 4.78 is 35.1. The fraction of sp³-hybridized carbons (Fsp3) is 0.500. The molecule has 31 heavy (non-hydrogen) atoms. The number of aryl methyl sites for hydroxylation is 1. The number of thioether (sulfide) groups is 1. The minimum Gasteiger partial charge on any atom is -0.357 e. The van der Waals surface area contributed by atoms with E-state index < -0.39 is 33.4 Å². The van der Waals surface area contributed by atoms with Crippen LogP contribution in [0.3, 0.4) is 0 Å². The smallest absolute Gasteiger partial charge is 0.357 e. The number of nitrogens with one attached hydrogen (secondary N) is 1. The molecular formula is C20H25N4O5S2+. The summed E-state index contributed by atoms with van der Waals surface area (Å²) in [6.07, 6.45) is 7.96. The summed E-state index contributed by atoms with van der Waals surface area (Å²) in [5, 5.41) is 3.81. The van der Waals surface area contributed by atoms with Gasteiger partial charge in [-0.2, -0.15) is 26.0 Å². The molecule has 1 saturated carbocycles. The number of sulfonamides is 1. The second kappa shape index (κ2) is 8.03. The minimum absolute atomic E-state index is 0.0392. The Morgan fingerprint density at radius 1 is 1.35 bits per heavy atom. The molecule has 3 aliphatic rings. The average molecular weight is 466 g/mol. The van der Waals surface area contributed by atoms with Crippen LogP contribution in [-0.2, 0) is 21.4 Å². The highest BCUT2D eigenvalue weighted by molar-refractivity contribution is 7.98. The molecule has 3 amide bonds. The SMILES string of the molecule is CSCC[N+]1=C2C=CC(S(=O)(=O)NC3(C)CC3)=CC2C(=O)N(Cc2cc(C)no2)C1=O. The monoisotopic (exact) mass is 465 g/mol. The summed E-state index contributed by atoms with van der Waals surface area (Å²) in [7, 11) is -3.77. The van der Waals surface area contributed by atoms with Crippen LogP contribution in [0.5, 0.6) is 0 Å². The first kappa shape index (κ1) is 22.0. The quantitative estimate of drug-likeness (QED) is 0.583. The molecule has 0 radical (unpaired) electrons. The fourth-order valence-electron chi connectivity index (χ4n) is 3.60. The molecule has 1 fully saturated rings. The number of hydrogen-bond donors (Lipinski definition) is 1. The molecule has 9 nitrogen and oxygen atoms in total. The molecular weight excluding hydrogens is 440 g/mol. The largest absolute Gasteiger partial charge is 0.501 e. The Kier molecular flexibility index (Phi) is 5.69. The standard InChI is InChI=1S/C20H25N4O5S2/c1-13-10-14(29-21-13)12-24-18(25)16-11-15(31(27,28)22-20(2)6-7-20)4-5-17(16)23(19(24)26)8-9-30-3/h4-5,10-11,16,22H,6-9,12H2,1-3H3/q+1. The van der Waals surface area contributed by atoms with E-state index in [4.69, 9.17) is 4.52 Å². The van der Waals surface area contributed by atoms with Gasteiger partial charge in [-0.1, -0.05) is 5.16 Å². The molecule has 0 spiro atoms. The molecule has 11 heteroatoms. The van der Waals surface area contributed by atoms with Gasteiger partial charge in [0.15, 0.2) is 12.3 Å². The van der Waals surface area contributed by atoms with E-state index in [1.807, 2.05) is 13.2 Å². The van der Waals surface area contributed by atoms with E-state index in [9.17, 15) is 18.0 Å². The maximum absolute atomic E-state index is 13.3. The minimum atomic E-state index is -3.77. The second-order valence-electron chi connectivity index (χ2n) is 8.26. The van der Waals surface area contributed by atoms with Crippen molar-refractivity contribution < 1.29 is 27.1 Å². The third-order valence-corrected chi connectivity index (χ3v) is 7.82. The molecule has 0 bridgehead atoms. The van der Waals surface area contributed by atoms with Crippen LogP contribution in [-0.4, -0.2) is 64.8 Å². The van der Waals surface area contributed by atoms with Gasteiger partial charge in [-0.3, -0.25) is 0 Å². The Morgan fingerprint density at radius 2 is 2.10 bits per heavy atom. The normalized spacial score (nSPS) is 22.6. The highest BCUT2D eigenvalue weighted by Gasteiger charge is 2.49. The Labute approximate surface area is 185 Å². The third kappa shape index (κ3) is 4.39. The molecule has 2 aliphatic carbocycles. The lowest BCUT2D eigenvalue weighted by atomic mass is 9.94. The zero-order valence-electron chi connectivity index (χ0n) is 17.6. The van der Waals surface area contributed by atoms with Crippen molar-refractivity contribution in [3.8, 4) is 0 Å². The molecule has 1 atom stereocenters. The number of nitrogens with zero attached hydrogens (tertiary/aromatic N) is 3. The molecule has 0 aromatic carbocycles. The highest BCUT2D eigenvalue weighted by Crippen LogP contribution is 2.36. The zero-order chi connectivity index (χ0) is 22.4. The summed E-state index contributed by atoms with van der Waals surface area (Å²) >= 11 is 1.58. The first-order valence-electron chi connectivity index (χ1n) is 9.98. The van der Waals surface area contributed by atoms with Crippen molar-refractivity contribution in [3.63, 3.8) is 0 Å². The number of rotatable bonds is 8. The Hall–Kier alpha value is -2.24. The molecule has 0 saturated heterocycles. The van der Waals surface area contributed by atoms with Gasteiger partial charge in [0.1, 0.15) is 18.2 Å². The second-order valence-corrected chi connectivity index (χ2v) is 10.9. The summed E-state index contributed by atoms with van der Waals surface area (Å²) in [6.45, 7) is 3.95. The number of allylic oxidation sites excluding steroid dienone is 2. The van der Waals surface area contributed by atoms with Crippen LogP contribution in [0.15, 0.2) is 33.7 Å². The summed E-state index contributed by atoms with van der Waals surface area (Å²) in [6, 6.07) is 1.21. The van der Waals surface area contributed by atoms with E-state index in [2.05, 4.69) is 9.88 Å². The van der Waals surface area contributed by atoms with E-state index in [0.717, 1.165) is 17.7 Å². The van der Waals surface area contributed by atoms with Crippen molar-refractivity contribution in [2.75, 3.05) is 18.6 Å². The van der Waals surface area contributed by atoms with E-state index >= 15 is 0 Å². The average Bonchev–Trinajstić information content (AvgIpc) is 3.28. The van der Waals surface area contributed by atoms with Crippen LogP contribution in [0.25, 0.3) is 0 Å². The highest BCUT2D eigenvalue weighted by atomic mass is 32.2. The van der Waals surface area contributed by atoms with Gasteiger partial charge in [-0.25, -0.2) is 17.9 Å². The van der Waals surface area contributed by atoms with Gasteiger partial charge in [0.25, 0.3) is 0 Å². The van der Waals surface area contributed by atoms with E-state index in [1.165, 1.54) is 16.7 Å². The van der Waals surface area contributed by atoms with Crippen molar-refractivity contribution in [1.82, 2.24) is 14.8 Å². The van der Waals surface area contributed by atoms with Crippen LogP contribution < -0.4 is 4.72 Å². The maximum Gasteiger partial charge on any atom is 0.501 e. The molecule has 1 aromatic heterocycles. The molecule has 1 N–H and O–H groups in total. The molecule has 4 rings (SSSR count). The number of fused-ring (bicyclic) bond motifs is 1. The lowest BCUT2D eigenvalue weighted by Gasteiger charge is -2.27. The summed E-state index contributed by atoms with van der Waals surface area (Å²) in [5.74, 6) is -0.288. The lowest BCUT2D eigenvalue weighted by molar-refractivity contribution is -0.434. The van der Waals surface area contributed by atoms with Gasteiger partial charge < -0.3 is 4.52 Å². The first-order valence-corrected chi connectivity index (χ1v) is 12.9. The molecule has 1 aliphatic heterocycles. The Morgan fingerprint density at radius 3 is 2.71 bits per heavy atom. The topological polar surface area (TPSA) is 113 Å². The van der Waals surface area contributed by atoms with Crippen molar-refractivity contribution in [2.45, 2.75) is 38.8 Å². The molecule has 1 aromatic rings. The van der Waals surface area contributed by atoms with Crippen LogP contribution in [0.2, 0.25) is 0 Å². The zero-order valence-corrected chi connectivity index (χ0v) is 19.3. The Balaban J connectivity index is 1.70. The van der Waals surface area contributed by atoms with Crippen molar-refractivity contribution in [3.05, 3.63) is 40.7 Å². The summed E-state index contributed by atoms with van der Waals surface area (Å²) in [5.41, 5.74) is 0.711. The number of carbonyl (C=O) groups excluding carboxylic acids is 2. The number of aromatic nitrogens is 1. The summed E-state index contributed by atoms with van der Waals surface area (Å²) in [4.78, 5) is 27.5. The van der Waals surface area contributed by atoms with Crippen LogP contribution in [0.1, 0.15) is 31.2 Å². The van der Waals surface area contributed by atoms with Crippen LogP contribution in [0, 0.1) is 12.8 Å². The predicted octanol–water partition coefficient (Wildman–Crippen LogP) is 1.80. The third-order valence-electron chi connectivity index (χ3n) is 5.57. The maximum atomic E-state index is 13.3. The number of urea groups is 1. The van der Waals surface area contributed by atoms with Gasteiger partial charge in [0, 0.05) is 17.4 Å². The van der Waals surface area contributed by atoms with Crippen molar-refractivity contribution in [2.24, 2.45) is 5.92 Å². The van der Waals surface area contributed by atoms with Crippen LogP contribution in [0.4, 0.5) is 4.79 Å². The number of amides is 3. The van der Waals surface area contributed by atoms with Gasteiger partial charge in [-0.05, 0) is 51.2 Å². The van der Waals surface area contributed by atoms with E-state index in [-0.39, 0.29) is 11.4 Å². The molecule has 2 heterocycles. The van der Waals surface area contributed by atoms with Gasteiger partial charge in [-0.15, -0.1) is 0 Å². The number of imide groups is 1. The van der Waals surface area contributed by atoms with Gasteiger partial charge in [0.05, 0.1) is 10.6 Å². The lowest BCUT2D eigenvalue weighted by Crippen LogP contribution is -2.54. The molecule has 166 valence electrons. The predicted molar refractivity (Wildman–Crippen MR) is 116 cm³/mol. The first-order chi connectivity index (χ1) is 14.6. The van der Waals surface area contributed by atoms with E-state index in [1.54, 1.807) is 30.8 Å². The van der Waals surface area contributed by atoms with E-state index in [0.29, 0.717) is 29.5 Å². The van der Waals surface area contributed by atoms with Crippen molar-refractivity contribution >= 4 is 39.4 Å². The van der Waals surface area contributed by atoms with Crippen molar-refractivity contribution in [1.29, 1.82) is 0 Å². The van der Waals surface area contributed by atoms with Gasteiger partial charge in [0.2, 0.25) is 10.0 Å².